The lowest BCUT2D eigenvalue weighted by molar-refractivity contribution is 0.490. The Balaban J connectivity index is 1.58. The first kappa shape index (κ1) is 23.1. The third-order valence-corrected chi connectivity index (χ3v) is 8.73. The topological polar surface area (TPSA) is 16.4 Å². The van der Waals surface area contributed by atoms with Gasteiger partial charge in [-0.05, 0) is 59.9 Å². The molecule has 186 valence electrons. The second kappa shape index (κ2) is 8.79. The number of halogens is 1. The molecule has 0 saturated carbocycles. The molecule has 0 radical (unpaired) electrons. The maximum atomic E-state index is 6.58. The Hall–Kier alpha value is -4.01. The highest BCUT2D eigenvalue weighted by atomic mass is 35.5. The summed E-state index contributed by atoms with van der Waals surface area (Å²) in [5, 5.41) is 2.72. The summed E-state index contributed by atoms with van der Waals surface area (Å²) < 4.78 is 6.54. The molecule has 5 aromatic carbocycles. The quantitative estimate of drug-likeness (QED) is 0.228. The molecule has 1 aromatic heterocycles. The predicted octanol–water partition coefficient (Wildman–Crippen LogP) is 10.8. The third-order valence-electron chi connectivity index (χ3n) is 8.43. The Morgan fingerprint density at radius 1 is 0.632 bits per heavy atom. The van der Waals surface area contributed by atoms with Crippen LogP contribution >= 0.6 is 11.6 Å². The van der Waals surface area contributed by atoms with Gasteiger partial charge in [-0.15, -0.1) is 0 Å². The van der Waals surface area contributed by atoms with Gasteiger partial charge < -0.3 is 9.32 Å². The first-order valence-corrected chi connectivity index (χ1v) is 13.7. The molecule has 0 unspecified atom stereocenters. The number of rotatable bonds is 5. The Bertz CT molecular complexity index is 1810. The van der Waals surface area contributed by atoms with Gasteiger partial charge in [0.15, 0.2) is 11.2 Å². The van der Waals surface area contributed by atoms with Crippen LogP contribution in [0, 0.1) is 0 Å². The zero-order valence-electron chi connectivity index (χ0n) is 21.5. The fourth-order valence-electron chi connectivity index (χ4n) is 6.62. The van der Waals surface area contributed by atoms with Crippen LogP contribution in [0.5, 0.6) is 0 Å². The average Bonchev–Trinajstić information content (AvgIpc) is 3.50. The van der Waals surface area contributed by atoms with Gasteiger partial charge in [-0.2, -0.15) is 0 Å². The highest BCUT2D eigenvalue weighted by molar-refractivity contribution is 6.36. The fraction of sp³-hybridized carbons (Fsp3) is 0.143. The second-order valence-corrected chi connectivity index (χ2v) is 10.5. The minimum atomic E-state index is 0.00317. The summed E-state index contributed by atoms with van der Waals surface area (Å²) in [7, 11) is 0. The summed E-state index contributed by atoms with van der Waals surface area (Å²) >= 11 is 6.58. The van der Waals surface area contributed by atoms with Gasteiger partial charge in [-0.1, -0.05) is 104 Å². The zero-order valence-corrected chi connectivity index (χ0v) is 22.3. The minimum absolute atomic E-state index is 0.00317. The van der Waals surface area contributed by atoms with E-state index in [-0.39, 0.29) is 5.41 Å². The van der Waals surface area contributed by atoms with Crippen molar-refractivity contribution in [2.45, 2.75) is 32.1 Å². The summed E-state index contributed by atoms with van der Waals surface area (Å²) in [4.78, 5) is 2.36. The molecule has 0 fully saturated rings. The number of hydrogen-bond acceptors (Lipinski definition) is 2. The monoisotopic (exact) mass is 513 g/mol. The van der Waals surface area contributed by atoms with E-state index in [0.717, 1.165) is 51.8 Å². The van der Waals surface area contributed by atoms with Gasteiger partial charge in [-0.3, -0.25) is 0 Å². The highest BCUT2D eigenvalue weighted by Crippen LogP contribution is 2.57. The molecular formula is C35H28ClNO. The van der Waals surface area contributed by atoms with Crippen molar-refractivity contribution >= 4 is 50.6 Å². The van der Waals surface area contributed by atoms with E-state index in [1.807, 2.05) is 12.1 Å². The maximum Gasteiger partial charge on any atom is 0.159 e. The molecule has 0 bridgehead atoms. The maximum absolute atomic E-state index is 6.58. The molecule has 0 saturated heterocycles. The lowest BCUT2D eigenvalue weighted by Crippen LogP contribution is -2.23. The Morgan fingerprint density at radius 2 is 1.26 bits per heavy atom. The van der Waals surface area contributed by atoms with E-state index >= 15 is 0 Å². The fourth-order valence-corrected chi connectivity index (χ4v) is 6.83. The van der Waals surface area contributed by atoms with E-state index in [1.165, 1.54) is 22.3 Å². The molecule has 2 nitrogen and oxygen atoms in total. The Morgan fingerprint density at radius 3 is 2.05 bits per heavy atom. The number of anilines is 3. The zero-order chi connectivity index (χ0) is 25.9. The summed E-state index contributed by atoms with van der Waals surface area (Å²) in [6.07, 6.45) is 2.11. The van der Waals surface area contributed by atoms with Crippen molar-refractivity contribution in [3.8, 4) is 11.1 Å². The van der Waals surface area contributed by atoms with Crippen LogP contribution < -0.4 is 4.90 Å². The summed E-state index contributed by atoms with van der Waals surface area (Å²) in [6, 6.07) is 38.7. The van der Waals surface area contributed by atoms with Crippen LogP contribution in [0.15, 0.2) is 114 Å². The molecule has 0 N–H and O–H groups in total. The molecular weight excluding hydrogens is 486 g/mol. The van der Waals surface area contributed by atoms with Gasteiger partial charge in [0, 0.05) is 27.4 Å². The van der Waals surface area contributed by atoms with Crippen LogP contribution in [-0.2, 0) is 5.41 Å². The summed E-state index contributed by atoms with van der Waals surface area (Å²) in [5.41, 5.74) is 10.3. The van der Waals surface area contributed by atoms with Crippen LogP contribution in [0.1, 0.15) is 37.8 Å². The number of benzene rings is 5. The normalized spacial score (nSPS) is 13.6. The smallest absolute Gasteiger partial charge is 0.159 e. The van der Waals surface area contributed by atoms with Crippen molar-refractivity contribution in [3.63, 3.8) is 0 Å². The number of furan rings is 1. The minimum Gasteiger partial charge on any atom is -0.452 e. The standard InChI is InChI=1S/C35H28ClNO/c1-3-35(4-2)27-18-9-8-15-26(27)32-28(35)19-12-21-30(32)37(23-13-6-5-7-14-23)31-22-11-17-25-24-16-10-20-29(36)33(24)38-34(25)31/h5-22H,3-4H2,1-2H3. The molecule has 0 spiro atoms. The lowest BCUT2D eigenvalue weighted by atomic mass is 9.74. The lowest BCUT2D eigenvalue weighted by Gasteiger charge is -2.31. The highest BCUT2D eigenvalue weighted by Gasteiger charge is 2.42. The Labute approximate surface area is 228 Å². The molecule has 0 amide bonds. The van der Waals surface area contributed by atoms with Crippen LogP contribution in [0.3, 0.4) is 0 Å². The van der Waals surface area contributed by atoms with Crippen molar-refractivity contribution in [1.29, 1.82) is 0 Å². The molecule has 0 aliphatic heterocycles. The molecule has 0 atom stereocenters. The molecule has 1 aliphatic carbocycles. The van der Waals surface area contributed by atoms with E-state index in [1.54, 1.807) is 0 Å². The first-order chi connectivity index (χ1) is 18.7. The second-order valence-electron chi connectivity index (χ2n) is 10.1. The Kier molecular flexibility index (Phi) is 5.35. The van der Waals surface area contributed by atoms with Gasteiger partial charge in [0.2, 0.25) is 0 Å². The SMILES string of the molecule is CCC1(CC)c2ccccc2-c2c(N(c3ccccc3)c3cccc4c3oc3c(Cl)cccc34)cccc21. The largest absolute Gasteiger partial charge is 0.452 e. The predicted molar refractivity (Wildman–Crippen MR) is 160 cm³/mol. The summed E-state index contributed by atoms with van der Waals surface area (Å²) in [5.74, 6) is 0. The molecule has 1 aliphatic rings. The number of para-hydroxylation sites is 3. The van der Waals surface area contributed by atoms with Crippen LogP contribution in [0.2, 0.25) is 5.02 Å². The van der Waals surface area contributed by atoms with Crippen molar-refractivity contribution in [3.05, 3.63) is 125 Å². The summed E-state index contributed by atoms with van der Waals surface area (Å²) in [6.45, 7) is 4.63. The van der Waals surface area contributed by atoms with Gasteiger partial charge in [0.25, 0.3) is 0 Å². The van der Waals surface area contributed by atoms with E-state index < -0.39 is 0 Å². The molecule has 1 heterocycles. The first-order valence-electron chi connectivity index (χ1n) is 13.4. The van der Waals surface area contributed by atoms with Crippen LogP contribution in [0.25, 0.3) is 33.1 Å². The van der Waals surface area contributed by atoms with Gasteiger partial charge in [-0.25, -0.2) is 0 Å². The van der Waals surface area contributed by atoms with Crippen LogP contribution in [0.4, 0.5) is 17.1 Å². The molecule has 38 heavy (non-hydrogen) atoms. The number of hydrogen-bond donors (Lipinski definition) is 0. The number of nitrogens with zero attached hydrogens (tertiary/aromatic N) is 1. The van der Waals surface area contributed by atoms with E-state index in [0.29, 0.717) is 5.02 Å². The average molecular weight is 514 g/mol. The van der Waals surface area contributed by atoms with Crippen molar-refractivity contribution in [2.24, 2.45) is 0 Å². The number of fused-ring (bicyclic) bond motifs is 6. The van der Waals surface area contributed by atoms with Crippen molar-refractivity contribution in [2.75, 3.05) is 4.90 Å². The van der Waals surface area contributed by atoms with E-state index in [4.69, 9.17) is 16.0 Å². The molecule has 6 aromatic rings. The van der Waals surface area contributed by atoms with Gasteiger partial charge >= 0.3 is 0 Å². The van der Waals surface area contributed by atoms with Crippen molar-refractivity contribution < 1.29 is 4.42 Å². The molecule has 3 heteroatoms. The van der Waals surface area contributed by atoms with E-state index in [9.17, 15) is 0 Å². The third kappa shape index (κ3) is 3.14. The van der Waals surface area contributed by atoms with Gasteiger partial charge in [0.05, 0.1) is 16.4 Å². The molecule has 7 rings (SSSR count). The van der Waals surface area contributed by atoms with Gasteiger partial charge in [0.1, 0.15) is 0 Å². The van der Waals surface area contributed by atoms with E-state index in [2.05, 4.69) is 116 Å². The van der Waals surface area contributed by atoms with Crippen LogP contribution in [-0.4, -0.2) is 0 Å². The van der Waals surface area contributed by atoms with Crippen molar-refractivity contribution in [1.82, 2.24) is 0 Å².